The Balaban J connectivity index is 1.70. The van der Waals surface area contributed by atoms with Crippen molar-refractivity contribution in [3.63, 3.8) is 0 Å². The highest BCUT2D eigenvalue weighted by molar-refractivity contribution is 8.00. The van der Waals surface area contributed by atoms with Gasteiger partial charge in [-0.05, 0) is 55.2 Å². The van der Waals surface area contributed by atoms with E-state index in [4.69, 9.17) is 16.3 Å². The second kappa shape index (κ2) is 9.42. The van der Waals surface area contributed by atoms with Crippen molar-refractivity contribution in [3.8, 4) is 5.75 Å². The zero-order valence-electron chi connectivity index (χ0n) is 18.5. The molecule has 0 bridgehead atoms. The molecule has 1 aromatic heterocycles. The van der Waals surface area contributed by atoms with E-state index in [-0.39, 0.29) is 11.9 Å². The van der Waals surface area contributed by atoms with Gasteiger partial charge >= 0.3 is 0 Å². The van der Waals surface area contributed by atoms with E-state index in [0.29, 0.717) is 15.9 Å². The van der Waals surface area contributed by atoms with Crippen LogP contribution in [0.3, 0.4) is 0 Å². The van der Waals surface area contributed by atoms with E-state index in [0.717, 1.165) is 41.0 Å². The molecule has 0 spiro atoms. The third-order valence-corrected chi connectivity index (χ3v) is 7.14. The van der Waals surface area contributed by atoms with Crippen molar-refractivity contribution < 1.29 is 9.53 Å². The van der Waals surface area contributed by atoms with Crippen LogP contribution >= 0.6 is 23.4 Å². The Labute approximate surface area is 196 Å². The Bertz CT molecular complexity index is 1150. The Kier molecular flexibility index (Phi) is 6.62. The summed E-state index contributed by atoms with van der Waals surface area (Å²) in [7, 11) is 1.58. The summed E-state index contributed by atoms with van der Waals surface area (Å²) in [6, 6.07) is 11.1. The molecule has 1 amide bonds. The van der Waals surface area contributed by atoms with Crippen molar-refractivity contribution in [1.82, 2.24) is 14.9 Å². The van der Waals surface area contributed by atoms with Gasteiger partial charge < -0.3 is 15.5 Å². The van der Waals surface area contributed by atoms with Crippen LogP contribution in [-0.4, -0.2) is 33.1 Å². The number of halogens is 1. The number of benzene rings is 2. The Morgan fingerprint density at radius 1 is 1.28 bits per heavy atom. The minimum atomic E-state index is -0.481. The number of fused-ring (bicyclic) bond motifs is 1. The number of aromatic nitrogens is 3. The molecule has 1 aliphatic rings. The van der Waals surface area contributed by atoms with Crippen LogP contribution in [0.5, 0.6) is 5.75 Å². The first-order valence-electron chi connectivity index (χ1n) is 10.5. The molecule has 2 atom stereocenters. The van der Waals surface area contributed by atoms with Crippen LogP contribution < -0.4 is 15.5 Å². The van der Waals surface area contributed by atoms with E-state index >= 15 is 0 Å². The van der Waals surface area contributed by atoms with Crippen molar-refractivity contribution >= 4 is 35.0 Å². The van der Waals surface area contributed by atoms with E-state index < -0.39 is 5.25 Å². The first-order valence-corrected chi connectivity index (χ1v) is 11.8. The topological polar surface area (TPSA) is 81.1 Å². The fraction of sp³-hybridized carbons (Fsp3) is 0.348. The summed E-state index contributed by atoms with van der Waals surface area (Å²) < 4.78 is 7.19. The van der Waals surface area contributed by atoms with Gasteiger partial charge in [-0.2, -0.15) is 0 Å². The lowest BCUT2D eigenvalue weighted by Gasteiger charge is -2.33. The zero-order valence-corrected chi connectivity index (χ0v) is 20.0. The van der Waals surface area contributed by atoms with Crippen LogP contribution in [0.15, 0.2) is 41.6 Å². The second-order valence-electron chi connectivity index (χ2n) is 7.76. The number of nitrogens with zero attached hydrogens (tertiary/aromatic N) is 3. The number of ether oxygens (including phenoxy) is 1. The fourth-order valence-corrected chi connectivity index (χ4v) is 5.07. The molecule has 168 valence electrons. The van der Waals surface area contributed by atoms with E-state index in [9.17, 15) is 4.79 Å². The number of methoxy groups -OCH3 is 1. The Hall–Kier alpha value is -2.71. The monoisotopic (exact) mass is 471 g/mol. The van der Waals surface area contributed by atoms with Crippen molar-refractivity contribution in [2.45, 2.75) is 50.1 Å². The average Bonchev–Trinajstić information content (AvgIpc) is 3.18. The summed E-state index contributed by atoms with van der Waals surface area (Å²) in [4.78, 5) is 13.5. The molecule has 0 fully saturated rings. The lowest BCUT2D eigenvalue weighted by molar-refractivity contribution is -0.116. The number of hydrogen-bond donors (Lipinski definition) is 2. The molecule has 0 saturated heterocycles. The van der Waals surface area contributed by atoms with Crippen molar-refractivity contribution in [3.05, 3.63) is 63.9 Å². The third kappa shape index (κ3) is 4.29. The standard InChI is InChI=1S/C23H26ClN5O2S/c1-5-7-19-26-27-23-29(19)28-20(15-10-11-18(31-4)16(24)12-15)21(32-23)22(30)25-17-9-6-8-13(2)14(17)3/h6,8-12,20-21,28H,5,7H2,1-4H3,(H,25,30)/t20-,21-/m0/s1. The number of aryl methyl sites for hydroxylation is 2. The highest BCUT2D eigenvalue weighted by Crippen LogP contribution is 2.39. The molecular weight excluding hydrogens is 446 g/mol. The van der Waals surface area contributed by atoms with E-state index in [1.54, 1.807) is 7.11 Å². The van der Waals surface area contributed by atoms with Gasteiger partial charge in [0.1, 0.15) is 11.0 Å². The number of amides is 1. The highest BCUT2D eigenvalue weighted by Gasteiger charge is 2.38. The van der Waals surface area contributed by atoms with Crippen LogP contribution in [0.4, 0.5) is 5.69 Å². The largest absolute Gasteiger partial charge is 0.495 e. The summed E-state index contributed by atoms with van der Waals surface area (Å²) in [5, 5.41) is 12.4. The van der Waals surface area contributed by atoms with E-state index in [1.165, 1.54) is 11.8 Å². The summed E-state index contributed by atoms with van der Waals surface area (Å²) in [5.41, 5.74) is 7.32. The van der Waals surface area contributed by atoms with Gasteiger partial charge in [-0.1, -0.05) is 48.5 Å². The molecular formula is C23H26ClN5O2S. The summed E-state index contributed by atoms with van der Waals surface area (Å²) in [6.45, 7) is 6.13. The van der Waals surface area contributed by atoms with Gasteiger partial charge in [-0.15, -0.1) is 10.2 Å². The smallest absolute Gasteiger partial charge is 0.240 e. The number of thioether (sulfide) groups is 1. The summed E-state index contributed by atoms with van der Waals surface area (Å²) in [6.07, 6.45) is 1.73. The van der Waals surface area contributed by atoms with Crippen LogP contribution in [0, 0.1) is 13.8 Å². The molecule has 0 saturated carbocycles. The van der Waals surface area contributed by atoms with Crippen molar-refractivity contribution in [1.29, 1.82) is 0 Å². The molecule has 0 unspecified atom stereocenters. The van der Waals surface area contributed by atoms with Crippen molar-refractivity contribution in [2.24, 2.45) is 0 Å². The molecule has 7 nitrogen and oxygen atoms in total. The van der Waals surface area contributed by atoms with Gasteiger partial charge in [-0.25, -0.2) is 4.68 Å². The number of nitrogens with one attached hydrogen (secondary N) is 2. The van der Waals surface area contributed by atoms with Gasteiger partial charge in [0, 0.05) is 12.1 Å². The van der Waals surface area contributed by atoms with Crippen LogP contribution in [0.2, 0.25) is 5.02 Å². The second-order valence-corrected chi connectivity index (χ2v) is 9.28. The predicted octanol–water partition coefficient (Wildman–Crippen LogP) is 4.91. The number of hydrogen-bond acceptors (Lipinski definition) is 6. The maximum atomic E-state index is 13.5. The van der Waals surface area contributed by atoms with Gasteiger partial charge in [0.15, 0.2) is 5.82 Å². The summed E-state index contributed by atoms with van der Waals surface area (Å²) >= 11 is 7.81. The normalized spacial score (nSPS) is 17.4. The maximum absolute atomic E-state index is 13.5. The predicted molar refractivity (Wildman–Crippen MR) is 128 cm³/mol. The van der Waals surface area contributed by atoms with Gasteiger partial charge in [0.2, 0.25) is 11.1 Å². The quantitative estimate of drug-likeness (QED) is 0.531. The molecule has 3 aromatic rings. The molecule has 2 aromatic carbocycles. The number of rotatable bonds is 6. The molecule has 0 radical (unpaired) electrons. The molecule has 1 aliphatic heterocycles. The average molecular weight is 472 g/mol. The molecule has 32 heavy (non-hydrogen) atoms. The van der Waals surface area contributed by atoms with Crippen LogP contribution in [0.1, 0.15) is 41.9 Å². The number of carbonyl (C=O) groups is 1. The van der Waals surface area contributed by atoms with Crippen LogP contribution in [0.25, 0.3) is 0 Å². The minimum absolute atomic E-state index is 0.112. The molecule has 9 heteroatoms. The zero-order chi connectivity index (χ0) is 22.8. The van der Waals surface area contributed by atoms with Gasteiger partial charge in [0.05, 0.1) is 18.2 Å². The van der Waals surface area contributed by atoms with E-state index in [2.05, 4.69) is 27.9 Å². The van der Waals surface area contributed by atoms with Crippen LogP contribution in [-0.2, 0) is 11.2 Å². The van der Waals surface area contributed by atoms with Crippen molar-refractivity contribution in [2.75, 3.05) is 17.9 Å². The maximum Gasteiger partial charge on any atom is 0.240 e. The lowest BCUT2D eigenvalue weighted by Crippen LogP contribution is -2.41. The number of anilines is 1. The van der Waals surface area contributed by atoms with Gasteiger partial charge in [-0.3, -0.25) is 4.79 Å². The fourth-order valence-electron chi connectivity index (χ4n) is 3.70. The Morgan fingerprint density at radius 2 is 2.09 bits per heavy atom. The first kappa shape index (κ1) is 22.5. The highest BCUT2D eigenvalue weighted by atomic mass is 35.5. The summed E-state index contributed by atoms with van der Waals surface area (Å²) in [5.74, 6) is 1.32. The number of carbonyl (C=O) groups excluding carboxylic acids is 1. The molecule has 0 aliphatic carbocycles. The third-order valence-electron chi connectivity index (χ3n) is 5.63. The van der Waals surface area contributed by atoms with Gasteiger partial charge in [0.25, 0.3) is 0 Å². The first-order chi connectivity index (χ1) is 15.4. The lowest BCUT2D eigenvalue weighted by atomic mass is 10.0. The minimum Gasteiger partial charge on any atom is -0.495 e. The SMILES string of the molecule is CCCc1nnc2n1N[C@@H](c1ccc(OC)c(Cl)c1)[C@@H](C(=O)Nc1cccc(C)c1C)S2. The molecule has 2 heterocycles. The molecule has 4 rings (SSSR count). The Morgan fingerprint density at radius 3 is 2.81 bits per heavy atom. The van der Waals surface area contributed by atoms with E-state index in [1.807, 2.05) is 54.9 Å². The molecule has 2 N–H and O–H groups in total.